The highest BCUT2D eigenvalue weighted by Crippen LogP contribution is 2.27. The van der Waals surface area contributed by atoms with E-state index in [4.69, 9.17) is 0 Å². The molecule has 3 aromatic rings. The van der Waals surface area contributed by atoms with E-state index >= 15 is 0 Å². The van der Waals surface area contributed by atoms with Crippen molar-refractivity contribution in [3.8, 4) is 0 Å². The highest BCUT2D eigenvalue weighted by molar-refractivity contribution is 6.08. The zero-order valence-corrected chi connectivity index (χ0v) is 13.2. The number of aromatic amines is 1. The average Bonchev–Trinajstić information content (AvgIpc) is 2.95. The first kappa shape index (κ1) is 14.2. The van der Waals surface area contributed by atoms with E-state index in [0.29, 0.717) is 6.42 Å². The van der Waals surface area contributed by atoms with Crippen LogP contribution in [0, 0.1) is 0 Å². The van der Waals surface area contributed by atoms with Crippen LogP contribution in [0.4, 0.5) is 0 Å². The fourth-order valence-corrected chi connectivity index (χ4v) is 3.31. The van der Waals surface area contributed by atoms with E-state index in [1.807, 2.05) is 29.2 Å². The van der Waals surface area contributed by atoms with Crippen LogP contribution in [-0.2, 0) is 11.2 Å². The molecule has 2 aromatic heterocycles. The molecule has 1 amide bonds. The summed E-state index contributed by atoms with van der Waals surface area (Å²) in [6.07, 6.45) is 2.22. The smallest absolute Gasteiger partial charge is 0.227 e. The van der Waals surface area contributed by atoms with E-state index < -0.39 is 0 Å². The number of nitrogens with zero attached hydrogens (tertiary/aromatic N) is 3. The molecular formula is C18H20N4O. The number of aromatic nitrogens is 2. The Hall–Kier alpha value is -2.40. The number of pyridine rings is 1. The minimum atomic E-state index is 0.205. The molecule has 0 atom stereocenters. The summed E-state index contributed by atoms with van der Waals surface area (Å²) in [4.78, 5) is 24.6. The van der Waals surface area contributed by atoms with Crippen molar-refractivity contribution in [3.05, 3.63) is 42.1 Å². The van der Waals surface area contributed by atoms with Gasteiger partial charge in [-0.05, 0) is 24.7 Å². The van der Waals surface area contributed by atoms with Crippen LogP contribution in [0.15, 0.2) is 36.5 Å². The van der Waals surface area contributed by atoms with E-state index in [9.17, 15) is 4.79 Å². The molecule has 1 aliphatic heterocycles. The normalized spacial score (nSPS) is 16.3. The maximum absolute atomic E-state index is 12.7. The van der Waals surface area contributed by atoms with Crippen LogP contribution in [0.5, 0.6) is 0 Å². The largest absolute Gasteiger partial charge is 0.340 e. The van der Waals surface area contributed by atoms with Gasteiger partial charge in [0.25, 0.3) is 0 Å². The first-order chi connectivity index (χ1) is 11.2. The summed E-state index contributed by atoms with van der Waals surface area (Å²) in [6, 6.07) is 10.1. The Morgan fingerprint density at radius 3 is 2.78 bits per heavy atom. The second-order valence-electron chi connectivity index (χ2n) is 6.23. The molecule has 0 bridgehead atoms. The number of carbonyl (C=O) groups excluding carboxylic acids is 1. The Kier molecular flexibility index (Phi) is 3.50. The van der Waals surface area contributed by atoms with Gasteiger partial charge in [0.15, 0.2) is 0 Å². The number of likely N-dealkylation sites (N-methyl/N-ethyl adjacent to an activating group) is 1. The van der Waals surface area contributed by atoms with Gasteiger partial charge in [-0.3, -0.25) is 4.79 Å². The predicted octanol–water partition coefficient (Wildman–Crippen LogP) is 2.03. The molecule has 0 spiro atoms. The van der Waals surface area contributed by atoms with Crippen LogP contribution >= 0.6 is 0 Å². The molecule has 0 unspecified atom stereocenters. The zero-order chi connectivity index (χ0) is 15.8. The fourth-order valence-electron chi connectivity index (χ4n) is 3.31. The minimum Gasteiger partial charge on any atom is -0.340 e. The maximum atomic E-state index is 12.7. The van der Waals surface area contributed by atoms with Gasteiger partial charge in [0.1, 0.15) is 5.65 Å². The molecule has 4 rings (SSSR count). The molecule has 118 valence electrons. The molecule has 5 nitrogen and oxygen atoms in total. The Labute approximate surface area is 134 Å². The first-order valence-electron chi connectivity index (χ1n) is 8.03. The lowest BCUT2D eigenvalue weighted by Crippen LogP contribution is -2.47. The quantitative estimate of drug-likeness (QED) is 0.788. The minimum absolute atomic E-state index is 0.205. The monoisotopic (exact) mass is 308 g/mol. The van der Waals surface area contributed by atoms with Gasteiger partial charge in [-0.1, -0.05) is 18.2 Å². The summed E-state index contributed by atoms with van der Waals surface area (Å²) in [7, 11) is 2.10. The Bertz CT molecular complexity index is 862. The van der Waals surface area contributed by atoms with Crippen molar-refractivity contribution in [3.63, 3.8) is 0 Å². The third-order valence-electron chi connectivity index (χ3n) is 4.68. The molecular weight excluding hydrogens is 288 g/mol. The highest BCUT2D eigenvalue weighted by Gasteiger charge is 2.20. The number of amides is 1. The van der Waals surface area contributed by atoms with Gasteiger partial charge in [0.2, 0.25) is 5.91 Å². The number of para-hydroxylation sites is 1. The molecule has 0 radical (unpaired) electrons. The average molecular weight is 308 g/mol. The van der Waals surface area contributed by atoms with Gasteiger partial charge < -0.3 is 14.8 Å². The number of nitrogens with one attached hydrogen (secondary N) is 1. The lowest BCUT2D eigenvalue weighted by molar-refractivity contribution is -0.132. The lowest BCUT2D eigenvalue weighted by atomic mass is 10.1. The Balaban J connectivity index is 1.67. The van der Waals surface area contributed by atoms with Gasteiger partial charge in [-0.15, -0.1) is 0 Å². The third kappa shape index (κ3) is 2.57. The molecule has 0 saturated carbocycles. The molecule has 1 saturated heterocycles. The van der Waals surface area contributed by atoms with E-state index in [1.165, 1.54) is 0 Å². The number of hydrogen-bond donors (Lipinski definition) is 1. The first-order valence-corrected chi connectivity index (χ1v) is 8.03. The molecule has 1 N–H and O–H groups in total. The molecule has 5 heteroatoms. The summed E-state index contributed by atoms with van der Waals surface area (Å²) in [5.74, 6) is 0.205. The van der Waals surface area contributed by atoms with Crippen molar-refractivity contribution in [2.75, 3.05) is 33.2 Å². The highest BCUT2D eigenvalue weighted by atomic mass is 16.2. The molecule has 23 heavy (non-hydrogen) atoms. The van der Waals surface area contributed by atoms with Crippen LogP contribution in [0.25, 0.3) is 21.9 Å². The summed E-state index contributed by atoms with van der Waals surface area (Å²) >= 11 is 0. The van der Waals surface area contributed by atoms with Crippen molar-refractivity contribution < 1.29 is 4.79 Å². The van der Waals surface area contributed by atoms with Crippen molar-refractivity contribution in [2.45, 2.75) is 6.42 Å². The van der Waals surface area contributed by atoms with Crippen LogP contribution in [0.1, 0.15) is 5.56 Å². The van der Waals surface area contributed by atoms with Crippen LogP contribution < -0.4 is 0 Å². The number of fused-ring (bicyclic) bond motifs is 3. The van der Waals surface area contributed by atoms with Gasteiger partial charge in [-0.2, -0.15) is 0 Å². The molecule has 1 fully saturated rings. The standard InChI is InChI=1S/C18H20N4O/c1-21-8-10-22(11-9-21)16(23)12-13-6-7-19-18-17(13)14-4-2-3-5-15(14)20-18/h2-7H,8-12H2,1H3,(H,19,20). The number of H-pyrrole nitrogens is 1. The number of piperazine rings is 1. The number of hydrogen-bond acceptors (Lipinski definition) is 3. The van der Waals surface area contributed by atoms with Crippen molar-refractivity contribution in [1.82, 2.24) is 19.8 Å². The second kappa shape index (κ2) is 5.66. The number of rotatable bonds is 2. The summed E-state index contributed by atoms with van der Waals surface area (Å²) in [6.45, 7) is 3.53. The molecule has 0 aliphatic carbocycles. The Morgan fingerprint density at radius 2 is 1.96 bits per heavy atom. The third-order valence-corrected chi connectivity index (χ3v) is 4.68. The van der Waals surface area contributed by atoms with Crippen LogP contribution in [0.2, 0.25) is 0 Å². The van der Waals surface area contributed by atoms with Crippen LogP contribution in [0.3, 0.4) is 0 Å². The fraction of sp³-hybridized carbons (Fsp3) is 0.333. The number of carbonyl (C=O) groups is 1. The van der Waals surface area contributed by atoms with E-state index in [-0.39, 0.29) is 5.91 Å². The molecule has 3 heterocycles. The van der Waals surface area contributed by atoms with Crippen molar-refractivity contribution >= 4 is 27.8 Å². The molecule has 1 aliphatic rings. The molecule has 1 aromatic carbocycles. The number of benzene rings is 1. The van der Waals surface area contributed by atoms with Gasteiger partial charge in [0, 0.05) is 48.7 Å². The van der Waals surface area contributed by atoms with Crippen molar-refractivity contribution in [2.24, 2.45) is 0 Å². The van der Waals surface area contributed by atoms with E-state index in [1.54, 1.807) is 6.20 Å². The van der Waals surface area contributed by atoms with Gasteiger partial charge >= 0.3 is 0 Å². The summed E-state index contributed by atoms with van der Waals surface area (Å²) in [5.41, 5.74) is 2.97. The van der Waals surface area contributed by atoms with E-state index in [0.717, 1.165) is 53.7 Å². The van der Waals surface area contributed by atoms with Crippen molar-refractivity contribution in [1.29, 1.82) is 0 Å². The van der Waals surface area contributed by atoms with Gasteiger partial charge in [-0.25, -0.2) is 4.98 Å². The lowest BCUT2D eigenvalue weighted by Gasteiger charge is -2.32. The maximum Gasteiger partial charge on any atom is 0.227 e. The predicted molar refractivity (Wildman–Crippen MR) is 91.4 cm³/mol. The topological polar surface area (TPSA) is 52.2 Å². The summed E-state index contributed by atoms with van der Waals surface area (Å²) in [5, 5.41) is 2.21. The zero-order valence-electron chi connectivity index (χ0n) is 13.2. The SMILES string of the molecule is CN1CCN(C(=O)Cc2ccnc3[nH]c4ccccc4c23)CC1. The van der Waals surface area contributed by atoms with Crippen LogP contribution in [-0.4, -0.2) is 58.9 Å². The van der Waals surface area contributed by atoms with E-state index in [2.05, 4.69) is 28.0 Å². The van der Waals surface area contributed by atoms with Gasteiger partial charge in [0.05, 0.1) is 6.42 Å². The second-order valence-corrected chi connectivity index (χ2v) is 6.23. The summed E-state index contributed by atoms with van der Waals surface area (Å²) < 4.78 is 0. The Morgan fingerprint density at radius 1 is 1.17 bits per heavy atom.